The van der Waals surface area contributed by atoms with E-state index in [4.69, 9.17) is 34.1 Å². The molecule has 32 heavy (non-hydrogen) atoms. The molecule has 0 saturated heterocycles. The van der Waals surface area contributed by atoms with E-state index >= 15 is 0 Å². The first-order valence-electron chi connectivity index (χ1n) is 9.47. The summed E-state index contributed by atoms with van der Waals surface area (Å²) in [6.07, 6.45) is 4.06. The molecule has 0 amide bonds. The zero-order chi connectivity index (χ0) is 23.4. The summed E-state index contributed by atoms with van der Waals surface area (Å²) in [5.74, 6) is 0.691. The predicted octanol–water partition coefficient (Wildman–Crippen LogP) is 2.40. The van der Waals surface area contributed by atoms with E-state index in [-0.39, 0.29) is 28.7 Å². The highest BCUT2D eigenvalue weighted by Gasteiger charge is 2.14. The van der Waals surface area contributed by atoms with Crippen molar-refractivity contribution in [2.75, 3.05) is 17.2 Å². The van der Waals surface area contributed by atoms with Gasteiger partial charge in [-0.25, -0.2) is 4.98 Å². The Balaban J connectivity index is 0.000000222. The molecule has 0 aliphatic heterocycles. The lowest BCUT2D eigenvalue weighted by Crippen LogP contribution is -2.24. The van der Waals surface area contributed by atoms with Gasteiger partial charge in [-0.1, -0.05) is 24.6 Å². The second-order valence-corrected chi connectivity index (χ2v) is 7.12. The van der Waals surface area contributed by atoms with Crippen molar-refractivity contribution >= 4 is 40.1 Å². The van der Waals surface area contributed by atoms with E-state index in [2.05, 4.69) is 19.9 Å². The number of nitrogens with zero attached hydrogens (tertiary/aromatic N) is 6. The van der Waals surface area contributed by atoms with Crippen LogP contribution in [0, 0.1) is 18.3 Å². The molecule has 3 aromatic heterocycles. The molecule has 162 valence electrons. The molecule has 0 saturated carbocycles. The molecule has 0 atom stereocenters. The highest BCUT2D eigenvalue weighted by atomic mass is 35.5. The summed E-state index contributed by atoms with van der Waals surface area (Å²) in [6.45, 7) is 3.91. The summed E-state index contributed by atoms with van der Waals surface area (Å²) >= 11 is 6.18. The molecule has 10 nitrogen and oxygen atoms in total. The third kappa shape index (κ3) is 4.43. The molecule has 6 N–H and O–H groups in total. The zero-order valence-electron chi connectivity index (χ0n) is 17.4. The SMILES string of the molecule is CCc1nc2cccc(Cl)c2c(=O)n1-c1cncc(C)c1.N#Cc1c(N)nc(N)nc1N. The summed E-state index contributed by atoms with van der Waals surface area (Å²) in [7, 11) is 0. The first kappa shape index (κ1) is 22.5. The monoisotopic (exact) mass is 449 g/mol. The van der Waals surface area contributed by atoms with Crippen LogP contribution in [0.25, 0.3) is 16.6 Å². The maximum Gasteiger partial charge on any atom is 0.267 e. The van der Waals surface area contributed by atoms with Gasteiger partial charge in [-0.2, -0.15) is 15.2 Å². The van der Waals surface area contributed by atoms with Crippen LogP contribution in [0.2, 0.25) is 5.02 Å². The first-order valence-corrected chi connectivity index (χ1v) is 9.85. The van der Waals surface area contributed by atoms with Gasteiger partial charge < -0.3 is 17.2 Å². The minimum absolute atomic E-state index is 0.0116. The van der Waals surface area contributed by atoms with Crippen LogP contribution < -0.4 is 22.8 Å². The first-order chi connectivity index (χ1) is 15.3. The summed E-state index contributed by atoms with van der Waals surface area (Å²) in [4.78, 5) is 28.7. The van der Waals surface area contributed by atoms with Crippen LogP contribution in [0.3, 0.4) is 0 Å². The minimum Gasteiger partial charge on any atom is -0.382 e. The zero-order valence-corrected chi connectivity index (χ0v) is 18.1. The van der Waals surface area contributed by atoms with Crippen molar-refractivity contribution in [3.63, 3.8) is 0 Å². The Morgan fingerprint density at radius 3 is 2.41 bits per heavy atom. The number of nitrogens with two attached hydrogens (primary N) is 3. The predicted molar refractivity (Wildman–Crippen MR) is 124 cm³/mol. The summed E-state index contributed by atoms with van der Waals surface area (Å²) < 4.78 is 1.59. The van der Waals surface area contributed by atoms with E-state index in [0.717, 1.165) is 5.56 Å². The van der Waals surface area contributed by atoms with Crippen LogP contribution in [0.15, 0.2) is 41.5 Å². The normalized spacial score (nSPS) is 10.3. The van der Waals surface area contributed by atoms with Crippen LogP contribution in [-0.2, 0) is 6.42 Å². The second kappa shape index (κ2) is 9.28. The average molecular weight is 450 g/mol. The van der Waals surface area contributed by atoms with E-state index in [0.29, 0.717) is 33.9 Å². The molecular formula is C21H20ClN9O. The fraction of sp³-hybridized carbons (Fsp3) is 0.143. The maximum absolute atomic E-state index is 12.9. The topological polar surface area (TPSA) is 175 Å². The van der Waals surface area contributed by atoms with Crippen molar-refractivity contribution in [1.82, 2.24) is 24.5 Å². The third-order valence-corrected chi connectivity index (χ3v) is 4.76. The number of benzene rings is 1. The molecule has 0 aliphatic carbocycles. The lowest BCUT2D eigenvalue weighted by atomic mass is 10.2. The number of halogens is 1. The Hall–Kier alpha value is -4.23. The Morgan fingerprint density at radius 2 is 1.81 bits per heavy atom. The van der Waals surface area contributed by atoms with Gasteiger partial charge in [-0.05, 0) is 30.7 Å². The summed E-state index contributed by atoms with van der Waals surface area (Å²) in [5, 5.41) is 9.32. The number of hydrogen-bond acceptors (Lipinski definition) is 9. The van der Waals surface area contributed by atoms with E-state index in [1.807, 2.05) is 19.9 Å². The maximum atomic E-state index is 12.9. The summed E-state index contributed by atoms with van der Waals surface area (Å²) in [5.41, 5.74) is 18.0. The average Bonchev–Trinajstić information content (AvgIpc) is 2.73. The Kier molecular flexibility index (Phi) is 6.51. The smallest absolute Gasteiger partial charge is 0.267 e. The second-order valence-electron chi connectivity index (χ2n) is 6.72. The van der Waals surface area contributed by atoms with Gasteiger partial charge in [0.1, 0.15) is 29.1 Å². The number of aryl methyl sites for hydroxylation is 2. The number of rotatable bonds is 2. The number of hydrogen-bond donors (Lipinski definition) is 3. The van der Waals surface area contributed by atoms with Crippen LogP contribution in [0.1, 0.15) is 23.9 Å². The van der Waals surface area contributed by atoms with Crippen molar-refractivity contribution in [1.29, 1.82) is 5.26 Å². The molecule has 0 fully saturated rings. The van der Waals surface area contributed by atoms with E-state index in [9.17, 15) is 4.79 Å². The highest BCUT2D eigenvalue weighted by Crippen LogP contribution is 2.20. The summed E-state index contributed by atoms with van der Waals surface area (Å²) in [6, 6.07) is 8.99. The molecule has 0 radical (unpaired) electrons. The van der Waals surface area contributed by atoms with Gasteiger partial charge >= 0.3 is 0 Å². The van der Waals surface area contributed by atoms with Gasteiger partial charge in [0.2, 0.25) is 5.95 Å². The van der Waals surface area contributed by atoms with Gasteiger partial charge in [0, 0.05) is 12.6 Å². The minimum atomic E-state index is -0.158. The lowest BCUT2D eigenvalue weighted by molar-refractivity contribution is 0.828. The molecule has 1 aromatic carbocycles. The molecular weight excluding hydrogens is 430 g/mol. The standard InChI is InChI=1S/C16H14ClN3O.C5H6N6/c1-3-14-19-13-6-4-5-12(17)15(13)16(21)20(14)11-7-10(2)8-18-9-11;6-1-2-3(7)10-5(9)11-4(2)8/h4-9H,3H2,1-2H3;(H6,7,8,9,10,11). The number of aromatic nitrogens is 5. The van der Waals surface area contributed by atoms with Gasteiger partial charge in [-0.3, -0.25) is 14.3 Å². The van der Waals surface area contributed by atoms with Crippen molar-refractivity contribution in [3.8, 4) is 11.8 Å². The fourth-order valence-electron chi connectivity index (χ4n) is 3.03. The molecule has 0 unspecified atom stereocenters. The van der Waals surface area contributed by atoms with Crippen LogP contribution >= 0.6 is 11.6 Å². The van der Waals surface area contributed by atoms with Crippen LogP contribution in [0.5, 0.6) is 0 Å². The highest BCUT2D eigenvalue weighted by molar-refractivity contribution is 6.35. The number of fused-ring (bicyclic) bond motifs is 1. The molecule has 4 rings (SSSR count). The fourth-order valence-corrected chi connectivity index (χ4v) is 3.28. The van der Waals surface area contributed by atoms with Crippen molar-refractivity contribution in [2.24, 2.45) is 0 Å². The van der Waals surface area contributed by atoms with Crippen molar-refractivity contribution in [2.45, 2.75) is 20.3 Å². The van der Waals surface area contributed by atoms with E-state index < -0.39 is 0 Å². The molecule has 4 aromatic rings. The Labute approximate surface area is 188 Å². The number of pyridine rings is 1. The number of nitrogen functional groups attached to an aromatic ring is 3. The third-order valence-electron chi connectivity index (χ3n) is 4.45. The van der Waals surface area contributed by atoms with E-state index in [1.54, 1.807) is 41.2 Å². The quantitative estimate of drug-likeness (QED) is 0.414. The molecule has 11 heteroatoms. The molecule has 0 spiro atoms. The Bertz CT molecular complexity index is 1390. The van der Waals surface area contributed by atoms with Crippen molar-refractivity contribution in [3.05, 3.63) is 69.0 Å². The molecule has 3 heterocycles. The van der Waals surface area contributed by atoms with Gasteiger partial charge in [0.15, 0.2) is 0 Å². The van der Waals surface area contributed by atoms with Crippen molar-refractivity contribution < 1.29 is 0 Å². The number of nitriles is 1. The van der Waals surface area contributed by atoms with Gasteiger partial charge in [-0.15, -0.1) is 0 Å². The van der Waals surface area contributed by atoms with Gasteiger partial charge in [0.25, 0.3) is 5.56 Å². The largest absolute Gasteiger partial charge is 0.382 e. The number of anilines is 3. The van der Waals surface area contributed by atoms with Gasteiger partial charge in [0.05, 0.1) is 27.8 Å². The van der Waals surface area contributed by atoms with Crippen LogP contribution in [-0.4, -0.2) is 24.5 Å². The molecule has 0 aliphatic rings. The van der Waals surface area contributed by atoms with Crippen LogP contribution in [0.4, 0.5) is 17.6 Å². The van der Waals surface area contributed by atoms with E-state index in [1.165, 1.54) is 0 Å². The Morgan fingerprint density at radius 1 is 1.12 bits per heavy atom. The molecule has 0 bridgehead atoms. The lowest BCUT2D eigenvalue weighted by Gasteiger charge is -2.13.